The Morgan fingerprint density at radius 2 is 1.62 bits per heavy atom. The molecule has 0 fully saturated rings. The molecular weight excluding hydrogens is 378 g/mol. The summed E-state index contributed by atoms with van der Waals surface area (Å²) in [5.74, 6) is 0.222. The highest BCUT2D eigenvalue weighted by atomic mass is 35.5. The largest absolute Gasteiger partial charge is 0.484 e. The molecule has 0 unspecified atom stereocenters. The van der Waals surface area contributed by atoms with Crippen molar-refractivity contribution in [3.63, 3.8) is 0 Å². The van der Waals surface area contributed by atoms with Crippen LogP contribution in [0.25, 0.3) is 0 Å². The Morgan fingerprint density at radius 1 is 1.00 bits per heavy atom. The lowest BCUT2D eigenvalue weighted by atomic mass is 10.3. The number of nitrogens with one attached hydrogen (secondary N) is 3. The fourth-order valence-electron chi connectivity index (χ4n) is 2.01. The third kappa shape index (κ3) is 7.62. The topological polar surface area (TPSA) is 96.5 Å². The molecule has 0 radical (unpaired) electrons. The summed E-state index contributed by atoms with van der Waals surface area (Å²) in [5.41, 5.74) is 1.35. The molecule has 1 amide bonds. The van der Waals surface area contributed by atoms with Crippen molar-refractivity contribution >= 4 is 38.9 Å². The third-order valence-corrected chi connectivity index (χ3v) is 4.01. The number of amides is 1. The van der Waals surface area contributed by atoms with Crippen LogP contribution in [0.5, 0.6) is 5.75 Å². The van der Waals surface area contributed by atoms with Crippen molar-refractivity contribution in [2.45, 2.75) is 0 Å². The number of hydrogen-bond donors (Lipinski definition) is 3. The van der Waals surface area contributed by atoms with Crippen molar-refractivity contribution < 1.29 is 17.9 Å². The molecule has 0 aliphatic heterocycles. The molecule has 0 aliphatic rings. The number of rotatable bonds is 9. The summed E-state index contributed by atoms with van der Waals surface area (Å²) in [4.78, 5) is 11.8. The van der Waals surface area contributed by atoms with E-state index in [1.165, 1.54) is 0 Å². The van der Waals surface area contributed by atoms with E-state index in [2.05, 4.69) is 15.4 Å². The van der Waals surface area contributed by atoms with Gasteiger partial charge in [-0.3, -0.25) is 9.52 Å². The quantitative estimate of drug-likeness (QED) is 0.564. The van der Waals surface area contributed by atoms with Gasteiger partial charge in [0.25, 0.3) is 5.91 Å². The number of carbonyl (C=O) groups is 1. The highest BCUT2D eigenvalue weighted by molar-refractivity contribution is 7.92. The minimum absolute atomic E-state index is 0.125. The number of ether oxygens (including phenoxy) is 1. The molecule has 0 atom stereocenters. The van der Waals surface area contributed by atoms with E-state index in [0.717, 1.165) is 11.9 Å². The SMILES string of the molecule is CS(=O)(=O)Nc1ccc(OCC(=O)NCCNc2ccc(Cl)cc2)cc1. The zero-order valence-corrected chi connectivity index (χ0v) is 15.7. The number of carbonyl (C=O) groups excluding carboxylic acids is 1. The van der Waals surface area contributed by atoms with E-state index >= 15 is 0 Å². The Hall–Kier alpha value is -2.45. The van der Waals surface area contributed by atoms with E-state index in [9.17, 15) is 13.2 Å². The standard InChI is InChI=1S/C17H20ClN3O4S/c1-26(23,24)21-15-6-8-16(9-7-15)25-12-17(22)20-11-10-19-14-4-2-13(18)3-5-14/h2-9,19,21H,10-12H2,1H3,(H,20,22). The Bertz CT molecular complexity index is 824. The molecule has 0 aliphatic carbocycles. The van der Waals surface area contributed by atoms with Crippen molar-refractivity contribution in [3.05, 3.63) is 53.6 Å². The van der Waals surface area contributed by atoms with Gasteiger partial charge in [0.05, 0.1) is 6.26 Å². The number of halogens is 1. The molecule has 0 saturated carbocycles. The second kappa shape index (κ2) is 9.30. The summed E-state index contributed by atoms with van der Waals surface area (Å²) < 4.78 is 30.0. The van der Waals surface area contributed by atoms with Crippen LogP contribution in [0.3, 0.4) is 0 Å². The van der Waals surface area contributed by atoms with Gasteiger partial charge in [-0.25, -0.2) is 8.42 Å². The Kier molecular flexibility index (Phi) is 7.11. The average molecular weight is 398 g/mol. The van der Waals surface area contributed by atoms with E-state index in [1.54, 1.807) is 36.4 Å². The fraction of sp³-hybridized carbons (Fsp3) is 0.235. The van der Waals surface area contributed by atoms with Crippen molar-refractivity contribution in [1.29, 1.82) is 0 Å². The molecule has 140 valence electrons. The number of anilines is 2. The molecule has 2 aromatic carbocycles. The minimum Gasteiger partial charge on any atom is -0.484 e. The minimum atomic E-state index is -3.32. The van der Waals surface area contributed by atoms with Crippen molar-refractivity contribution in [2.75, 3.05) is 36.0 Å². The second-order valence-electron chi connectivity index (χ2n) is 5.47. The predicted molar refractivity (Wildman–Crippen MR) is 103 cm³/mol. The molecule has 2 aromatic rings. The Morgan fingerprint density at radius 3 is 2.23 bits per heavy atom. The molecule has 9 heteroatoms. The molecule has 0 aromatic heterocycles. The summed E-state index contributed by atoms with van der Waals surface area (Å²) in [6.45, 7) is 0.890. The number of benzene rings is 2. The van der Waals surface area contributed by atoms with Crippen LogP contribution in [-0.2, 0) is 14.8 Å². The lowest BCUT2D eigenvalue weighted by molar-refractivity contribution is -0.123. The van der Waals surface area contributed by atoms with Crippen molar-refractivity contribution in [2.24, 2.45) is 0 Å². The van der Waals surface area contributed by atoms with Gasteiger partial charge in [-0.1, -0.05) is 11.6 Å². The average Bonchev–Trinajstić information content (AvgIpc) is 2.58. The van der Waals surface area contributed by atoms with E-state index in [1.807, 2.05) is 12.1 Å². The Labute approximate surface area is 157 Å². The van der Waals surface area contributed by atoms with Gasteiger partial charge in [0.15, 0.2) is 6.61 Å². The van der Waals surface area contributed by atoms with Crippen molar-refractivity contribution in [1.82, 2.24) is 5.32 Å². The summed E-state index contributed by atoms with van der Waals surface area (Å²) >= 11 is 5.81. The maximum absolute atomic E-state index is 11.8. The Balaban J connectivity index is 1.66. The lowest BCUT2D eigenvalue weighted by Gasteiger charge is -2.10. The van der Waals surface area contributed by atoms with Gasteiger partial charge in [-0.05, 0) is 48.5 Å². The van der Waals surface area contributed by atoms with Gasteiger partial charge in [-0.2, -0.15) is 0 Å². The first kappa shape index (κ1) is 19.9. The fourth-order valence-corrected chi connectivity index (χ4v) is 2.70. The van der Waals surface area contributed by atoms with Crippen LogP contribution >= 0.6 is 11.6 Å². The molecular formula is C17H20ClN3O4S. The van der Waals surface area contributed by atoms with Gasteiger partial charge in [0.2, 0.25) is 10.0 Å². The predicted octanol–water partition coefficient (Wildman–Crippen LogP) is 2.32. The molecule has 0 heterocycles. The molecule has 0 saturated heterocycles. The highest BCUT2D eigenvalue weighted by Crippen LogP contribution is 2.16. The molecule has 26 heavy (non-hydrogen) atoms. The smallest absolute Gasteiger partial charge is 0.258 e. The number of sulfonamides is 1. The second-order valence-corrected chi connectivity index (χ2v) is 7.66. The van der Waals surface area contributed by atoms with Gasteiger partial charge in [0, 0.05) is 29.5 Å². The molecule has 0 spiro atoms. The third-order valence-electron chi connectivity index (χ3n) is 3.15. The zero-order chi connectivity index (χ0) is 19.0. The monoisotopic (exact) mass is 397 g/mol. The van der Waals surface area contributed by atoms with E-state index in [-0.39, 0.29) is 12.5 Å². The first-order chi connectivity index (χ1) is 12.3. The molecule has 7 nitrogen and oxygen atoms in total. The van der Waals surface area contributed by atoms with E-state index < -0.39 is 10.0 Å². The summed E-state index contributed by atoms with van der Waals surface area (Å²) in [7, 11) is -3.32. The van der Waals surface area contributed by atoms with Crippen LogP contribution in [-0.4, -0.2) is 40.3 Å². The number of hydrogen-bond acceptors (Lipinski definition) is 5. The van der Waals surface area contributed by atoms with Crippen LogP contribution < -0.4 is 20.1 Å². The summed E-state index contributed by atoms with van der Waals surface area (Å²) in [5, 5.41) is 6.56. The normalized spacial score (nSPS) is 10.8. The molecule has 0 bridgehead atoms. The summed E-state index contributed by atoms with van der Waals surface area (Å²) in [6.07, 6.45) is 1.07. The molecule has 2 rings (SSSR count). The van der Waals surface area contributed by atoms with Crippen LogP contribution in [0.2, 0.25) is 5.02 Å². The molecule has 3 N–H and O–H groups in total. The summed E-state index contributed by atoms with van der Waals surface area (Å²) in [6, 6.07) is 13.6. The lowest BCUT2D eigenvalue weighted by Crippen LogP contribution is -2.32. The first-order valence-corrected chi connectivity index (χ1v) is 10.1. The maximum atomic E-state index is 11.8. The van der Waals surface area contributed by atoms with Crippen molar-refractivity contribution in [3.8, 4) is 5.75 Å². The van der Waals surface area contributed by atoms with Gasteiger partial charge in [0.1, 0.15) is 5.75 Å². The van der Waals surface area contributed by atoms with E-state index in [0.29, 0.717) is 29.5 Å². The van der Waals surface area contributed by atoms with Gasteiger partial charge in [-0.15, -0.1) is 0 Å². The van der Waals surface area contributed by atoms with Crippen LogP contribution in [0.1, 0.15) is 0 Å². The maximum Gasteiger partial charge on any atom is 0.258 e. The first-order valence-electron chi connectivity index (χ1n) is 7.79. The van der Waals surface area contributed by atoms with Crippen LogP contribution in [0.15, 0.2) is 48.5 Å². The van der Waals surface area contributed by atoms with Crippen LogP contribution in [0, 0.1) is 0 Å². The highest BCUT2D eigenvalue weighted by Gasteiger charge is 2.04. The zero-order valence-electron chi connectivity index (χ0n) is 14.2. The van der Waals surface area contributed by atoms with E-state index in [4.69, 9.17) is 16.3 Å². The van der Waals surface area contributed by atoms with Gasteiger partial charge < -0.3 is 15.4 Å². The van der Waals surface area contributed by atoms with Gasteiger partial charge >= 0.3 is 0 Å². The van der Waals surface area contributed by atoms with Crippen LogP contribution in [0.4, 0.5) is 11.4 Å².